The highest BCUT2D eigenvalue weighted by atomic mass is 16.5. The van der Waals surface area contributed by atoms with Crippen LogP contribution in [0.5, 0.6) is 0 Å². The molecule has 138 valence electrons. The van der Waals surface area contributed by atoms with Crippen molar-refractivity contribution >= 4 is 17.7 Å². The highest BCUT2D eigenvalue weighted by Crippen LogP contribution is 2.22. The second kappa shape index (κ2) is 8.74. The maximum Gasteiger partial charge on any atom is 0.407 e. The van der Waals surface area contributed by atoms with Crippen LogP contribution < -0.4 is 10.2 Å². The molecule has 0 bridgehead atoms. The van der Waals surface area contributed by atoms with E-state index in [1.165, 1.54) is 12.8 Å². The number of para-hydroxylation sites is 1. The van der Waals surface area contributed by atoms with Crippen molar-refractivity contribution in [1.82, 2.24) is 10.2 Å². The summed E-state index contributed by atoms with van der Waals surface area (Å²) in [5.74, 6) is -0.0162. The quantitative estimate of drug-likeness (QED) is 0.889. The molecular formula is C19H29N3O3. The SMILES string of the molecule is COC(=O)N[C@H](C(=O)N1CCC(N(C)c2ccccc2)CC1)C(C)C. The van der Waals surface area contributed by atoms with Gasteiger partial charge in [-0.2, -0.15) is 0 Å². The maximum absolute atomic E-state index is 12.8. The van der Waals surface area contributed by atoms with E-state index >= 15 is 0 Å². The molecule has 2 rings (SSSR count). The molecule has 0 aliphatic carbocycles. The van der Waals surface area contributed by atoms with Crippen LogP contribution in [-0.4, -0.2) is 56.2 Å². The van der Waals surface area contributed by atoms with E-state index in [0.717, 1.165) is 12.8 Å². The fourth-order valence-corrected chi connectivity index (χ4v) is 3.24. The Hall–Kier alpha value is -2.24. The molecule has 0 aromatic heterocycles. The number of carbonyl (C=O) groups excluding carboxylic acids is 2. The van der Waals surface area contributed by atoms with E-state index in [0.29, 0.717) is 19.1 Å². The van der Waals surface area contributed by atoms with Crippen LogP contribution in [0, 0.1) is 5.92 Å². The van der Waals surface area contributed by atoms with Gasteiger partial charge in [-0.05, 0) is 30.9 Å². The Morgan fingerprint density at radius 3 is 2.32 bits per heavy atom. The number of hydrogen-bond donors (Lipinski definition) is 1. The van der Waals surface area contributed by atoms with E-state index < -0.39 is 12.1 Å². The van der Waals surface area contributed by atoms with Gasteiger partial charge in [-0.1, -0.05) is 32.0 Å². The number of rotatable bonds is 5. The maximum atomic E-state index is 12.8. The largest absolute Gasteiger partial charge is 0.453 e. The summed E-state index contributed by atoms with van der Waals surface area (Å²) in [7, 11) is 3.41. The van der Waals surface area contributed by atoms with Crippen molar-refractivity contribution in [1.29, 1.82) is 0 Å². The molecule has 0 radical (unpaired) electrons. The van der Waals surface area contributed by atoms with Crippen molar-refractivity contribution in [3.63, 3.8) is 0 Å². The third-order valence-electron chi connectivity index (χ3n) is 4.88. The van der Waals surface area contributed by atoms with E-state index in [1.54, 1.807) is 0 Å². The first kappa shape index (κ1) is 19.1. The first-order valence-electron chi connectivity index (χ1n) is 8.85. The van der Waals surface area contributed by atoms with E-state index in [-0.39, 0.29) is 11.8 Å². The predicted octanol–water partition coefficient (Wildman–Crippen LogP) is 2.49. The second-order valence-electron chi connectivity index (χ2n) is 6.86. The Morgan fingerprint density at radius 1 is 1.20 bits per heavy atom. The van der Waals surface area contributed by atoms with E-state index in [9.17, 15) is 9.59 Å². The molecule has 1 aromatic rings. The standard InChI is InChI=1S/C19H29N3O3/c1-14(2)17(20-19(24)25-4)18(23)22-12-10-16(11-13-22)21(3)15-8-6-5-7-9-15/h5-9,14,16-17H,10-13H2,1-4H3,(H,20,24)/t17-/m0/s1. The van der Waals surface area contributed by atoms with Gasteiger partial charge in [0.15, 0.2) is 0 Å². The fraction of sp³-hybridized carbons (Fsp3) is 0.579. The number of likely N-dealkylation sites (tertiary alicyclic amines) is 1. The fourth-order valence-electron chi connectivity index (χ4n) is 3.24. The van der Waals surface area contributed by atoms with Gasteiger partial charge >= 0.3 is 6.09 Å². The van der Waals surface area contributed by atoms with Crippen molar-refractivity contribution in [3.05, 3.63) is 30.3 Å². The van der Waals surface area contributed by atoms with Crippen molar-refractivity contribution in [2.75, 3.05) is 32.1 Å². The summed E-state index contributed by atoms with van der Waals surface area (Å²) < 4.78 is 4.64. The molecule has 6 heteroatoms. The molecule has 1 atom stereocenters. The third-order valence-corrected chi connectivity index (χ3v) is 4.88. The van der Waals surface area contributed by atoms with Crippen LogP contribution in [0.15, 0.2) is 30.3 Å². The number of piperidine rings is 1. The highest BCUT2D eigenvalue weighted by molar-refractivity contribution is 5.86. The van der Waals surface area contributed by atoms with Gasteiger partial charge in [0.1, 0.15) is 6.04 Å². The van der Waals surface area contributed by atoms with Crippen LogP contribution in [0.2, 0.25) is 0 Å². The summed E-state index contributed by atoms with van der Waals surface area (Å²) >= 11 is 0. The van der Waals surface area contributed by atoms with Crippen molar-refractivity contribution < 1.29 is 14.3 Å². The molecule has 1 saturated heterocycles. The molecule has 1 heterocycles. The molecular weight excluding hydrogens is 318 g/mol. The lowest BCUT2D eigenvalue weighted by Gasteiger charge is -2.39. The number of methoxy groups -OCH3 is 1. The van der Waals surface area contributed by atoms with E-state index in [2.05, 4.69) is 34.1 Å². The smallest absolute Gasteiger partial charge is 0.407 e. The zero-order valence-corrected chi connectivity index (χ0v) is 15.6. The van der Waals surface area contributed by atoms with E-state index in [1.807, 2.05) is 36.9 Å². The molecule has 1 aliphatic rings. The second-order valence-corrected chi connectivity index (χ2v) is 6.86. The van der Waals surface area contributed by atoms with Gasteiger partial charge in [-0.15, -0.1) is 0 Å². The number of carbonyl (C=O) groups is 2. The number of hydrogen-bond acceptors (Lipinski definition) is 4. The van der Waals surface area contributed by atoms with Gasteiger partial charge in [-0.25, -0.2) is 4.79 Å². The number of anilines is 1. The van der Waals surface area contributed by atoms with Gasteiger partial charge in [0.25, 0.3) is 0 Å². The van der Waals surface area contributed by atoms with Gasteiger partial charge in [-0.3, -0.25) is 4.79 Å². The van der Waals surface area contributed by atoms with Gasteiger partial charge in [0.2, 0.25) is 5.91 Å². The summed E-state index contributed by atoms with van der Waals surface area (Å²) in [6.07, 6.45) is 1.27. The first-order valence-corrected chi connectivity index (χ1v) is 8.85. The third kappa shape index (κ3) is 4.87. The first-order chi connectivity index (χ1) is 11.9. The summed E-state index contributed by atoms with van der Waals surface area (Å²) in [4.78, 5) is 28.4. The average molecular weight is 347 g/mol. The Bertz CT molecular complexity index is 569. The number of nitrogens with one attached hydrogen (secondary N) is 1. The van der Waals surface area contributed by atoms with Crippen LogP contribution >= 0.6 is 0 Å². The lowest BCUT2D eigenvalue weighted by Crippen LogP contribution is -2.54. The molecule has 25 heavy (non-hydrogen) atoms. The molecule has 1 aromatic carbocycles. The van der Waals surface area contributed by atoms with Crippen LogP contribution in [0.3, 0.4) is 0 Å². The van der Waals surface area contributed by atoms with Crippen molar-refractivity contribution in [3.8, 4) is 0 Å². The Kier molecular flexibility index (Phi) is 6.67. The monoisotopic (exact) mass is 347 g/mol. The molecule has 0 saturated carbocycles. The van der Waals surface area contributed by atoms with Gasteiger partial charge in [0, 0.05) is 31.9 Å². The minimum Gasteiger partial charge on any atom is -0.453 e. The minimum absolute atomic E-state index is 0.0105. The van der Waals surface area contributed by atoms with Crippen molar-refractivity contribution in [2.24, 2.45) is 5.92 Å². The molecule has 0 unspecified atom stereocenters. The number of ether oxygens (including phenoxy) is 1. The zero-order valence-electron chi connectivity index (χ0n) is 15.6. The number of benzene rings is 1. The van der Waals surface area contributed by atoms with Crippen molar-refractivity contribution in [2.45, 2.75) is 38.8 Å². The van der Waals surface area contributed by atoms with Crippen LogP contribution in [0.4, 0.5) is 10.5 Å². The predicted molar refractivity (Wildman–Crippen MR) is 98.6 cm³/mol. The number of alkyl carbamates (subject to hydrolysis) is 1. The topological polar surface area (TPSA) is 61.9 Å². The number of nitrogens with zero attached hydrogens (tertiary/aromatic N) is 2. The summed E-state index contributed by atoms with van der Waals surface area (Å²) in [6.45, 7) is 5.25. The summed E-state index contributed by atoms with van der Waals surface area (Å²) in [5, 5.41) is 2.66. The van der Waals surface area contributed by atoms with E-state index in [4.69, 9.17) is 0 Å². The summed E-state index contributed by atoms with van der Waals surface area (Å²) in [5.41, 5.74) is 1.19. The normalized spacial score (nSPS) is 16.4. The Labute approximate surface area is 150 Å². The lowest BCUT2D eigenvalue weighted by molar-refractivity contribution is -0.135. The van der Waals surface area contributed by atoms with Gasteiger partial charge in [0.05, 0.1) is 7.11 Å². The molecule has 6 nitrogen and oxygen atoms in total. The number of amides is 2. The molecule has 2 amide bonds. The molecule has 0 spiro atoms. The summed E-state index contributed by atoms with van der Waals surface area (Å²) in [6, 6.07) is 10.2. The minimum atomic E-state index is -0.564. The van der Waals surface area contributed by atoms with Gasteiger partial charge < -0.3 is 19.9 Å². The van der Waals surface area contributed by atoms with Crippen LogP contribution in [0.1, 0.15) is 26.7 Å². The Morgan fingerprint density at radius 2 is 1.80 bits per heavy atom. The Balaban J connectivity index is 1.94. The highest BCUT2D eigenvalue weighted by Gasteiger charge is 2.32. The molecule has 1 aliphatic heterocycles. The zero-order chi connectivity index (χ0) is 18.4. The molecule has 1 fully saturated rings. The van der Waals surface area contributed by atoms with Crippen LogP contribution in [0.25, 0.3) is 0 Å². The lowest BCUT2D eigenvalue weighted by atomic mass is 9.99. The average Bonchev–Trinajstić information content (AvgIpc) is 2.65. The molecule has 1 N–H and O–H groups in total. The van der Waals surface area contributed by atoms with Crippen LogP contribution in [-0.2, 0) is 9.53 Å².